The van der Waals surface area contributed by atoms with E-state index in [1.807, 2.05) is 12.1 Å². The van der Waals surface area contributed by atoms with E-state index < -0.39 is 0 Å². The van der Waals surface area contributed by atoms with Crippen molar-refractivity contribution in [3.63, 3.8) is 0 Å². The van der Waals surface area contributed by atoms with Crippen molar-refractivity contribution < 1.29 is 9.53 Å². The summed E-state index contributed by atoms with van der Waals surface area (Å²) in [6.45, 7) is 1.62. The number of rotatable bonds is 6. The summed E-state index contributed by atoms with van der Waals surface area (Å²) in [7, 11) is 0. The Labute approximate surface area is 121 Å². The number of ketones is 1. The van der Waals surface area contributed by atoms with Gasteiger partial charge in [-0.2, -0.15) is 0 Å². The van der Waals surface area contributed by atoms with Gasteiger partial charge in [-0.15, -0.1) is 0 Å². The lowest BCUT2D eigenvalue weighted by molar-refractivity contribution is -0.116. The van der Waals surface area contributed by atoms with Crippen LogP contribution in [0.2, 0.25) is 0 Å². The summed E-state index contributed by atoms with van der Waals surface area (Å²) in [6.07, 6.45) is 5.42. The Morgan fingerprint density at radius 2 is 2.39 bits per heavy atom. The molecule has 1 aromatic heterocycles. The van der Waals surface area contributed by atoms with E-state index in [-0.39, 0.29) is 11.9 Å². The molecule has 1 N–H and O–H groups in total. The number of aromatic nitrogens is 1. The van der Waals surface area contributed by atoms with Gasteiger partial charge in [-0.05, 0) is 25.0 Å². The first-order valence-corrected chi connectivity index (χ1v) is 7.22. The van der Waals surface area contributed by atoms with Crippen molar-refractivity contribution in [1.29, 1.82) is 0 Å². The number of carbonyl (C=O) groups is 1. The number of nitrogens with zero attached hydrogens (tertiary/aromatic N) is 1. The van der Waals surface area contributed by atoms with Gasteiger partial charge in [0, 0.05) is 60.4 Å². The first-order chi connectivity index (χ1) is 8.67. The Morgan fingerprint density at radius 1 is 1.61 bits per heavy atom. The summed E-state index contributed by atoms with van der Waals surface area (Å²) < 4.78 is 8.98. The third kappa shape index (κ3) is 3.91. The van der Waals surface area contributed by atoms with Crippen molar-refractivity contribution in [3.05, 3.63) is 23.9 Å². The highest BCUT2D eigenvalue weighted by atomic mass is 127. The number of hydrogen-bond donors (Lipinski definition) is 1. The average Bonchev–Trinajstić information content (AvgIpc) is 2.31. The summed E-state index contributed by atoms with van der Waals surface area (Å²) in [5.74, 6) is 0.886. The maximum absolute atomic E-state index is 10.9. The highest BCUT2D eigenvalue weighted by Crippen LogP contribution is 2.26. The fourth-order valence-corrected chi connectivity index (χ4v) is 2.42. The molecule has 18 heavy (non-hydrogen) atoms. The van der Waals surface area contributed by atoms with Gasteiger partial charge in [0.1, 0.15) is 11.9 Å². The average molecular weight is 360 g/mol. The maximum Gasteiger partial charge on any atom is 0.213 e. The van der Waals surface area contributed by atoms with E-state index in [2.05, 4.69) is 31.4 Å². The van der Waals surface area contributed by atoms with Gasteiger partial charge < -0.3 is 9.53 Å². The third-order valence-electron chi connectivity index (χ3n) is 3.10. The van der Waals surface area contributed by atoms with Crippen LogP contribution in [-0.4, -0.2) is 22.9 Å². The Bertz CT molecular complexity index is 419. The third-order valence-corrected chi connectivity index (χ3v) is 3.98. The number of hydrogen-bond acceptors (Lipinski definition) is 4. The fourth-order valence-electron chi connectivity index (χ4n) is 1.91. The smallest absolute Gasteiger partial charge is 0.213 e. The van der Waals surface area contributed by atoms with Gasteiger partial charge in [-0.3, -0.25) is 3.53 Å². The van der Waals surface area contributed by atoms with Crippen molar-refractivity contribution in [2.45, 2.75) is 44.8 Å². The van der Waals surface area contributed by atoms with Crippen molar-refractivity contribution in [3.8, 4) is 5.88 Å². The molecule has 0 atom stereocenters. The molecule has 0 spiro atoms. The lowest BCUT2D eigenvalue weighted by Gasteiger charge is -2.33. The maximum atomic E-state index is 10.9. The van der Waals surface area contributed by atoms with E-state index in [9.17, 15) is 4.79 Å². The molecule has 0 aliphatic heterocycles. The van der Waals surface area contributed by atoms with Crippen LogP contribution >= 0.6 is 22.9 Å². The quantitative estimate of drug-likeness (QED) is 0.626. The first kappa shape index (κ1) is 13.7. The molecule has 0 radical (unpaired) electrons. The highest BCUT2D eigenvalue weighted by molar-refractivity contribution is 14.1. The van der Waals surface area contributed by atoms with Crippen LogP contribution in [0.15, 0.2) is 18.3 Å². The number of pyridine rings is 1. The van der Waals surface area contributed by atoms with Gasteiger partial charge in [-0.25, -0.2) is 4.98 Å². The van der Waals surface area contributed by atoms with Crippen LogP contribution in [0.25, 0.3) is 0 Å². The van der Waals surface area contributed by atoms with Crippen LogP contribution in [-0.2, 0) is 11.2 Å². The molecular weight excluding hydrogens is 343 g/mol. The van der Waals surface area contributed by atoms with Crippen LogP contribution in [0.5, 0.6) is 5.88 Å². The van der Waals surface area contributed by atoms with Crippen LogP contribution in [0.3, 0.4) is 0 Å². The second-order valence-electron chi connectivity index (χ2n) is 4.72. The minimum atomic E-state index is 0.212. The number of ether oxygens (including phenoxy) is 1. The zero-order valence-corrected chi connectivity index (χ0v) is 12.5. The zero-order chi connectivity index (χ0) is 13.0. The van der Waals surface area contributed by atoms with Gasteiger partial charge in [0.25, 0.3) is 0 Å². The lowest BCUT2D eigenvalue weighted by Crippen LogP contribution is -2.43. The standard InChI is InChI=1S/C13H17IN2O2/c1-9(17)2-3-10-4-5-15-13(6-10)18-12-7-11(8-12)16-14/h4-6,11-12,16H,2-3,7-8H2,1H3/t11-,12-. The highest BCUT2D eigenvalue weighted by Gasteiger charge is 2.30. The van der Waals surface area contributed by atoms with Gasteiger partial charge in [0.15, 0.2) is 0 Å². The van der Waals surface area contributed by atoms with E-state index >= 15 is 0 Å². The van der Waals surface area contributed by atoms with Crippen LogP contribution in [0, 0.1) is 0 Å². The number of aryl methyl sites for hydroxylation is 1. The molecule has 0 bridgehead atoms. The van der Waals surface area contributed by atoms with E-state index in [1.54, 1.807) is 13.1 Å². The molecule has 1 aliphatic rings. The van der Waals surface area contributed by atoms with Gasteiger partial charge in [-0.1, -0.05) is 0 Å². The Morgan fingerprint density at radius 3 is 3.06 bits per heavy atom. The molecule has 2 rings (SSSR count). The monoisotopic (exact) mass is 360 g/mol. The van der Waals surface area contributed by atoms with Gasteiger partial charge in [0.05, 0.1) is 0 Å². The second kappa shape index (κ2) is 6.47. The topological polar surface area (TPSA) is 51.2 Å². The molecular formula is C13H17IN2O2. The van der Waals surface area contributed by atoms with Crippen molar-refractivity contribution >= 4 is 28.6 Å². The molecule has 0 aromatic carbocycles. The van der Waals surface area contributed by atoms with E-state index in [0.29, 0.717) is 18.3 Å². The minimum absolute atomic E-state index is 0.212. The van der Waals surface area contributed by atoms with Crippen LogP contribution in [0.4, 0.5) is 0 Å². The number of carbonyl (C=O) groups excluding carboxylic acids is 1. The summed E-state index contributed by atoms with van der Waals surface area (Å²) in [5.41, 5.74) is 1.11. The predicted octanol–water partition coefficient (Wildman–Crippen LogP) is 2.45. The van der Waals surface area contributed by atoms with Gasteiger partial charge in [0.2, 0.25) is 5.88 Å². The van der Waals surface area contributed by atoms with E-state index in [0.717, 1.165) is 24.8 Å². The van der Waals surface area contributed by atoms with Crippen molar-refractivity contribution in [1.82, 2.24) is 8.51 Å². The second-order valence-corrected chi connectivity index (χ2v) is 5.34. The summed E-state index contributed by atoms with van der Waals surface area (Å²) in [6, 6.07) is 4.44. The Balaban J connectivity index is 1.85. The lowest BCUT2D eigenvalue weighted by atomic mass is 9.90. The summed E-state index contributed by atoms with van der Waals surface area (Å²) in [5, 5.41) is 0. The molecule has 5 heteroatoms. The SMILES string of the molecule is CC(=O)CCc1ccnc(O[C@H]2C[C@H](NI)C2)c1. The molecule has 0 saturated heterocycles. The number of nitrogens with one attached hydrogen (secondary N) is 1. The normalized spacial score (nSPS) is 22.3. The molecule has 4 nitrogen and oxygen atoms in total. The van der Waals surface area contributed by atoms with E-state index in [4.69, 9.17) is 4.74 Å². The molecule has 0 amide bonds. The van der Waals surface area contributed by atoms with Crippen LogP contribution in [0.1, 0.15) is 31.7 Å². The number of Topliss-reactive ketones (excluding diaryl/α,β-unsaturated/α-hetero) is 1. The van der Waals surface area contributed by atoms with Crippen molar-refractivity contribution in [2.75, 3.05) is 0 Å². The van der Waals surface area contributed by atoms with Gasteiger partial charge >= 0.3 is 0 Å². The molecule has 98 valence electrons. The first-order valence-electron chi connectivity index (χ1n) is 6.14. The Kier molecular flexibility index (Phi) is 4.94. The molecule has 1 saturated carbocycles. The Hall–Kier alpha value is -0.690. The molecule has 1 heterocycles. The van der Waals surface area contributed by atoms with E-state index in [1.165, 1.54) is 0 Å². The molecule has 1 aromatic rings. The molecule has 0 unspecified atom stereocenters. The van der Waals surface area contributed by atoms with Crippen molar-refractivity contribution in [2.24, 2.45) is 0 Å². The predicted molar refractivity (Wildman–Crippen MR) is 77.8 cm³/mol. The summed E-state index contributed by atoms with van der Waals surface area (Å²) in [4.78, 5) is 15.2. The fraction of sp³-hybridized carbons (Fsp3) is 0.538. The zero-order valence-electron chi connectivity index (χ0n) is 10.4. The minimum Gasteiger partial charge on any atom is -0.474 e. The largest absolute Gasteiger partial charge is 0.474 e. The number of halogens is 1. The molecule has 1 aliphatic carbocycles. The van der Waals surface area contributed by atoms with Crippen LogP contribution < -0.4 is 8.27 Å². The summed E-state index contributed by atoms with van der Waals surface area (Å²) >= 11 is 2.18. The molecule has 1 fully saturated rings.